The third kappa shape index (κ3) is 6.99. The van der Waals surface area contributed by atoms with Crippen LogP contribution in [0.4, 0.5) is 11.4 Å². The van der Waals surface area contributed by atoms with Crippen molar-refractivity contribution in [2.45, 2.75) is 38.9 Å². The van der Waals surface area contributed by atoms with E-state index in [9.17, 15) is 9.59 Å². The van der Waals surface area contributed by atoms with Crippen LogP contribution in [-0.2, 0) is 14.3 Å². The summed E-state index contributed by atoms with van der Waals surface area (Å²) >= 11 is 1.32. The average Bonchev–Trinajstić information content (AvgIpc) is 3.12. The van der Waals surface area contributed by atoms with Gasteiger partial charge in [0.25, 0.3) is 0 Å². The van der Waals surface area contributed by atoms with E-state index in [4.69, 9.17) is 19.2 Å². The number of nitrogens with zero attached hydrogens (tertiary/aromatic N) is 2. The third-order valence-corrected chi connectivity index (χ3v) is 6.84. The van der Waals surface area contributed by atoms with Crippen molar-refractivity contribution in [3.8, 4) is 11.5 Å². The molecule has 2 amide bonds. The van der Waals surface area contributed by atoms with Gasteiger partial charge in [0.2, 0.25) is 11.8 Å². The molecule has 0 bridgehead atoms. The highest BCUT2D eigenvalue weighted by molar-refractivity contribution is 8.15. The lowest BCUT2D eigenvalue weighted by Gasteiger charge is -2.16. The molecule has 0 spiro atoms. The van der Waals surface area contributed by atoms with Crippen molar-refractivity contribution >= 4 is 40.1 Å². The number of benzene rings is 2. The average molecular weight is 500 g/mol. The Morgan fingerprint density at radius 1 is 1.11 bits per heavy atom. The second-order valence-corrected chi connectivity index (χ2v) is 9.30. The van der Waals surface area contributed by atoms with E-state index in [-0.39, 0.29) is 18.2 Å². The number of anilines is 1. The van der Waals surface area contributed by atoms with E-state index >= 15 is 0 Å². The summed E-state index contributed by atoms with van der Waals surface area (Å²) in [6.07, 6.45) is 0.709. The van der Waals surface area contributed by atoms with Crippen LogP contribution in [0.15, 0.2) is 41.4 Å². The van der Waals surface area contributed by atoms with Gasteiger partial charge in [-0.3, -0.25) is 14.5 Å². The maximum Gasteiger partial charge on any atom is 0.242 e. The van der Waals surface area contributed by atoms with Crippen molar-refractivity contribution in [3.05, 3.63) is 47.5 Å². The first-order valence-corrected chi connectivity index (χ1v) is 12.5. The predicted octanol–water partition coefficient (Wildman–Crippen LogP) is 4.71. The molecule has 0 saturated carbocycles. The van der Waals surface area contributed by atoms with Gasteiger partial charge in [-0.05, 0) is 62.6 Å². The van der Waals surface area contributed by atoms with Gasteiger partial charge in [-0.2, -0.15) is 0 Å². The number of aliphatic imine (C=N–C) groups is 1. The second kappa shape index (κ2) is 12.6. The molecule has 9 heteroatoms. The van der Waals surface area contributed by atoms with Crippen LogP contribution in [0.1, 0.15) is 30.9 Å². The number of rotatable bonds is 11. The van der Waals surface area contributed by atoms with Crippen LogP contribution in [0.5, 0.6) is 11.5 Å². The Bertz CT molecular complexity index is 1090. The molecule has 1 heterocycles. The number of aryl methyl sites for hydroxylation is 2. The standard InChI is InChI=1S/C26H33N3O5S/c1-6-34-13-7-12-29-25(31)23(35-26(29)27-19-9-8-17(2)18(3)14-19)16-24(30)28-21-11-10-20(32-4)15-22(21)33-5/h8-11,14-15,23H,6-7,12-13,16H2,1-5H3,(H,28,30). The van der Waals surface area contributed by atoms with Gasteiger partial charge in [0.1, 0.15) is 16.7 Å². The van der Waals surface area contributed by atoms with Gasteiger partial charge in [0, 0.05) is 32.2 Å². The van der Waals surface area contributed by atoms with Crippen LogP contribution >= 0.6 is 11.8 Å². The molecule has 8 nitrogen and oxygen atoms in total. The number of ether oxygens (including phenoxy) is 3. The highest BCUT2D eigenvalue weighted by atomic mass is 32.2. The predicted molar refractivity (Wildman–Crippen MR) is 140 cm³/mol. The first kappa shape index (κ1) is 26.6. The van der Waals surface area contributed by atoms with E-state index in [1.807, 2.05) is 39.0 Å². The minimum absolute atomic E-state index is 0.0204. The van der Waals surface area contributed by atoms with Gasteiger partial charge in [0.05, 0.1) is 25.6 Å². The Hall–Kier alpha value is -3.04. The number of carbonyl (C=O) groups excluding carboxylic acids is 2. The lowest BCUT2D eigenvalue weighted by Crippen LogP contribution is -2.34. The largest absolute Gasteiger partial charge is 0.497 e. The summed E-state index contributed by atoms with van der Waals surface area (Å²) < 4.78 is 16.0. The molecule has 1 N–H and O–H groups in total. The molecule has 0 radical (unpaired) electrons. The molecule has 0 aliphatic carbocycles. The lowest BCUT2D eigenvalue weighted by atomic mass is 10.1. The van der Waals surface area contributed by atoms with Gasteiger partial charge < -0.3 is 19.5 Å². The Morgan fingerprint density at radius 3 is 2.60 bits per heavy atom. The molecule has 1 unspecified atom stereocenters. The fraction of sp³-hybridized carbons (Fsp3) is 0.423. The number of hydrogen-bond donors (Lipinski definition) is 1. The second-order valence-electron chi connectivity index (χ2n) is 8.13. The summed E-state index contributed by atoms with van der Waals surface area (Å²) in [5.41, 5.74) is 3.62. The van der Waals surface area contributed by atoms with E-state index in [0.29, 0.717) is 48.5 Å². The lowest BCUT2D eigenvalue weighted by molar-refractivity contribution is -0.128. The number of amidine groups is 1. The zero-order valence-corrected chi connectivity index (χ0v) is 21.7. The van der Waals surface area contributed by atoms with Crippen LogP contribution in [0.2, 0.25) is 0 Å². The normalized spacial score (nSPS) is 16.6. The van der Waals surface area contributed by atoms with Crippen molar-refractivity contribution in [2.75, 3.05) is 39.3 Å². The van der Waals surface area contributed by atoms with Crippen molar-refractivity contribution in [1.29, 1.82) is 0 Å². The molecule has 2 aromatic carbocycles. The van der Waals surface area contributed by atoms with Crippen LogP contribution < -0.4 is 14.8 Å². The summed E-state index contributed by atoms with van der Waals surface area (Å²) in [4.78, 5) is 32.5. The first-order valence-electron chi connectivity index (χ1n) is 11.6. The number of carbonyl (C=O) groups is 2. The number of amides is 2. The maximum absolute atomic E-state index is 13.2. The summed E-state index contributed by atoms with van der Waals surface area (Å²) in [7, 11) is 3.09. The van der Waals surface area contributed by atoms with Crippen molar-refractivity contribution in [1.82, 2.24) is 4.90 Å². The number of methoxy groups -OCH3 is 2. The molecule has 1 atom stereocenters. The van der Waals surface area contributed by atoms with Crippen LogP contribution in [-0.4, -0.2) is 61.1 Å². The van der Waals surface area contributed by atoms with E-state index in [1.54, 1.807) is 30.2 Å². The molecule has 188 valence electrons. The summed E-state index contributed by atoms with van der Waals surface area (Å²) in [6, 6.07) is 11.1. The van der Waals surface area contributed by atoms with Crippen molar-refractivity contribution < 1.29 is 23.8 Å². The van der Waals surface area contributed by atoms with Gasteiger partial charge in [-0.15, -0.1) is 0 Å². The maximum atomic E-state index is 13.2. The minimum atomic E-state index is -0.559. The molecule has 1 saturated heterocycles. The fourth-order valence-electron chi connectivity index (χ4n) is 3.58. The number of thioether (sulfide) groups is 1. The van der Waals surface area contributed by atoms with E-state index < -0.39 is 5.25 Å². The fourth-order valence-corrected chi connectivity index (χ4v) is 4.76. The summed E-state index contributed by atoms with van der Waals surface area (Å²) in [6.45, 7) is 7.70. The summed E-state index contributed by atoms with van der Waals surface area (Å²) in [5.74, 6) is 0.709. The van der Waals surface area contributed by atoms with E-state index in [2.05, 4.69) is 5.32 Å². The molecule has 2 aromatic rings. The van der Waals surface area contributed by atoms with Gasteiger partial charge >= 0.3 is 0 Å². The SMILES string of the molecule is CCOCCCN1C(=O)C(CC(=O)Nc2ccc(OC)cc2OC)SC1=Nc1ccc(C)c(C)c1. The highest BCUT2D eigenvalue weighted by Crippen LogP contribution is 2.33. The van der Waals surface area contributed by atoms with E-state index in [0.717, 1.165) is 11.3 Å². The molecule has 1 aliphatic heterocycles. The van der Waals surface area contributed by atoms with Crippen LogP contribution in [0, 0.1) is 13.8 Å². The molecule has 1 fully saturated rings. The van der Waals surface area contributed by atoms with Gasteiger partial charge in [-0.25, -0.2) is 4.99 Å². The van der Waals surface area contributed by atoms with Crippen LogP contribution in [0.25, 0.3) is 0 Å². The Morgan fingerprint density at radius 2 is 1.91 bits per heavy atom. The molecule has 35 heavy (non-hydrogen) atoms. The molecular weight excluding hydrogens is 466 g/mol. The Labute approximate surface area is 211 Å². The minimum Gasteiger partial charge on any atom is -0.497 e. The zero-order valence-electron chi connectivity index (χ0n) is 20.9. The number of hydrogen-bond acceptors (Lipinski definition) is 7. The topological polar surface area (TPSA) is 89.5 Å². The van der Waals surface area contributed by atoms with Gasteiger partial charge in [0.15, 0.2) is 5.17 Å². The van der Waals surface area contributed by atoms with E-state index in [1.165, 1.54) is 24.4 Å². The van der Waals surface area contributed by atoms with Crippen molar-refractivity contribution in [2.24, 2.45) is 4.99 Å². The molecule has 1 aliphatic rings. The first-order chi connectivity index (χ1) is 16.9. The summed E-state index contributed by atoms with van der Waals surface area (Å²) in [5, 5.41) is 2.90. The Balaban J connectivity index is 1.75. The molecular formula is C26H33N3O5S. The molecule has 0 aromatic heterocycles. The van der Waals surface area contributed by atoms with Crippen LogP contribution in [0.3, 0.4) is 0 Å². The molecule has 3 rings (SSSR count). The van der Waals surface area contributed by atoms with Gasteiger partial charge in [-0.1, -0.05) is 17.8 Å². The zero-order chi connectivity index (χ0) is 25.4. The quantitative estimate of drug-likeness (QED) is 0.451. The van der Waals surface area contributed by atoms with Crippen molar-refractivity contribution in [3.63, 3.8) is 0 Å². The Kier molecular flexibility index (Phi) is 9.56. The third-order valence-electron chi connectivity index (χ3n) is 5.66. The number of nitrogens with one attached hydrogen (secondary N) is 1. The monoisotopic (exact) mass is 499 g/mol. The highest BCUT2D eigenvalue weighted by Gasteiger charge is 2.39. The smallest absolute Gasteiger partial charge is 0.242 e.